The monoisotopic (exact) mass is 429 g/mol. The quantitative estimate of drug-likeness (QED) is 0.779. The maximum Gasteiger partial charge on any atom is 0.202 e. The van der Waals surface area contributed by atoms with Crippen LogP contribution in [-0.2, 0) is 5.66 Å². The van der Waals surface area contributed by atoms with E-state index < -0.39 is 11.5 Å². The summed E-state index contributed by atoms with van der Waals surface area (Å²) in [6.07, 6.45) is 3.56. The zero-order chi connectivity index (χ0) is 21.3. The fourth-order valence-corrected chi connectivity index (χ4v) is 3.88. The van der Waals surface area contributed by atoms with Crippen LogP contribution in [0.3, 0.4) is 0 Å². The Kier molecular flexibility index (Phi) is 5.53. The van der Waals surface area contributed by atoms with Gasteiger partial charge in [0.1, 0.15) is 17.5 Å². The maximum absolute atomic E-state index is 14.0. The molecule has 1 saturated heterocycles. The van der Waals surface area contributed by atoms with Gasteiger partial charge >= 0.3 is 0 Å². The van der Waals surface area contributed by atoms with Crippen LogP contribution in [0.2, 0.25) is 5.02 Å². The zero-order valence-electron chi connectivity index (χ0n) is 17.0. The molecule has 3 heterocycles. The molecule has 0 spiro atoms. The minimum Gasteiger partial charge on any atom is -0.364 e. The molecule has 1 unspecified atom stereocenters. The van der Waals surface area contributed by atoms with Gasteiger partial charge in [-0.25, -0.2) is 14.4 Å². The predicted octanol–water partition coefficient (Wildman–Crippen LogP) is 2.17. The highest BCUT2D eigenvalue weighted by Gasteiger charge is 2.35. The van der Waals surface area contributed by atoms with Crippen molar-refractivity contribution < 1.29 is 4.39 Å². The number of pyridine rings is 1. The van der Waals surface area contributed by atoms with Gasteiger partial charge in [-0.15, -0.1) is 0 Å². The Labute approximate surface area is 180 Å². The van der Waals surface area contributed by atoms with Crippen LogP contribution in [0.15, 0.2) is 59.5 Å². The Bertz CT molecular complexity index is 971. The van der Waals surface area contributed by atoms with Crippen LogP contribution in [0.4, 0.5) is 10.2 Å². The maximum atomic E-state index is 14.0. The van der Waals surface area contributed by atoms with Crippen molar-refractivity contribution in [1.82, 2.24) is 20.1 Å². The standard InChI is InChI=1S/C21H25ClFN7/c1-28(2)19-14-21(24,16-13-15(23)6-7-17(16)22)27-20(26-19)30-11-9-29(10-12-30)18-5-3-4-8-25-18/h3-8,13-14H,9-12,24H2,1-2H3,(H,26,27). The Morgan fingerprint density at radius 2 is 1.87 bits per heavy atom. The van der Waals surface area contributed by atoms with Gasteiger partial charge < -0.3 is 20.0 Å². The van der Waals surface area contributed by atoms with Gasteiger partial charge in [0.25, 0.3) is 0 Å². The van der Waals surface area contributed by atoms with Gasteiger partial charge in [-0.2, -0.15) is 0 Å². The molecular formula is C21H25ClFN7. The molecule has 2 aliphatic rings. The van der Waals surface area contributed by atoms with E-state index in [1.165, 1.54) is 18.2 Å². The second kappa shape index (κ2) is 8.12. The van der Waals surface area contributed by atoms with Gasteiger partial charge in [-0.3, -0.25) is 5.73 Å². The molecule has 0 saturated carbocycles. The summed E-state index contributed by atoms with van der Waals surface area (Å²) >= 11 is 6.36. The van der Waals surface area contributed by atoms with Crippen LogP contribution in [0, 0.1) is 5.82 Å². The summed E-state index contributed by atoms with van der Waals surface area (Å²) in [5.74, 6) is 1.97. The van der Waals surface area contributed by atoms with Crippen molar-refractivity contribution >= 4 is 23.4 Å². The fraction of sp³-hybridized carbons (Fsp3) is 0.333. The van der Waals surface area contributed by atoms with Gasteiger partial charge in [-0.05, 0) is 30.3 Å². The van der Waals surface area contributed by atoms with E-state index in [9.17, 15) is 4.39 Å². The zero-order valence-corrected chi connectivity index (χ0v) is 17.8. The smallest absolute Gasteiger partial charge is 0.202 e. The highest BCUT2D eigenvalue weighted by atomic mass is 35.5. The number of piperazine rings is 1. The number of aliphatic imine (C=N–C) groups is 1. The number of nitrogens with one attached hydrogen (secondary N) is 1. The second-order valence-corrected chi connectivity index (χ2v) is 8.00. The number of rotatable bonds is 3. The first kappa shape index (κ1) is 20.4. The predicted molar refractivity (Wildman–Crippen MR) is 118 cm³/mol. The van der Waals surface area contributed by atoms with Crippen LogP contribution >= 0.6 is 11.6 Å². The summed E-state index contributed by atoms with van der Waals surface area (Å²) in [4.78, 5) is 15.5. The summed E-state index contributed by atoms with van der Waals surface area (Å²) in [6.45, 7) is 3.10. The largest absolute Gasteiger partial charge is 0.364 e. The number of anilines is 1. The number of nitrogens with zero attached hydrogens (tertiary/aromatic N) is 5. The van der Waals surface area contributed by atoms with Crippen molar-refractivity contribution in [2.45, 2.75) is 5.66 Å². The van der Waals surface area contributed by atoms with E-state index in [4.69, 9.17) is 22.3 Å². The normalized spacial score (nSPS) is 21.6. The molecule has 4 rings (SSSR count). The lowest BCUT2D eigenvalue weighted by Gasteiger charge is -2.41. The van der Waals surface area contributed by atoms with Crippen molar-refractivity contribution in [2.24, 2.45) is 10.7 Å². The Balaban J connectivity index is 1.61. The van der Waals surface area contributed by atoms with E-state index in [-0.39, 0.29) is 0 Å². The third-order valence-corrected chi connectivity index (χ3v) is 5.61. The molecule has 2 aliphatic heterocycles. The molecule has 3 N–H and O–H groups in total. The number of halogens is 2. The lowest BCUT2D eigenvalue weighted by molar-refractivity contribution is 0.352. The van der Waals surface area contributed by atoms with Crippen LogP contribution < -0.4 is 16.0 Å². The van der Waals surface area contributed by atoms with Crippen molar-refractivity contribution in [3.63, 3.8) is 0 Å². The molecule has 0 amide bonds. The van der Waals surface area contributed by atoms with Gasteiger partial charge in [0.05, 0.1) is 0 Å². The van der Waals surface area contributed by atoms with Crippen LogP contribution in [-0.4, -0.2) is 61.0 Å². The van der Waals surface area contributed by atoms with E-state index >= 15 is 0 Å². The van der Waals surface area contributed by atoms with Crippen LogP contribution in [0.25, 0.3) is 0 Å². The third-order valence-electron chi connectivity index (χ3n) is 5.28. The van der Waals surface area contributed by atoms with E-state index in [2.05, 4.69) is 20.1 Å². The van der Waals surface area contributed by atoms with Crippen molar-refractivity contribution in [2.75, 3.05) is 45.2 Å². The number of hydrogen-bond acceptors (Lipinski definition) is 7. The van der Waals surface area contributed by atoms with Gasteiger partial charge in [-0.1, -0.05) is 17.7 Å². The molecule has 30 heavy (non-hydrogen) atoms. The van der Waals surface area contributed by atoms with E-state index in [1.807, 2.05) is 37.2 Å². The summed E-state index contributed by atoms with van der Waals surface area (Å²) < 4.78 is 14.0. The molecule has 0 bridgehead atoms. The third kappa shape index (κ3) is 4.06. The second-order valence-electron chi connectivity index (χ2n) is 7.60. The van der Waals surface area contributed by atoms with E-state index in [1.54, 1.807) is 12.3 Å². The van der Waals surface area contributed by atoms with Crippen molar-refractivity contribution in [3.05, 3.63) is 70.9 Å². The molecular weight excluding hydrogens is 405 g/mol. The van der Waals surface area contributed by atoms with Gasteiger partial charge in [0.2, 0.25) is 5.96 Å². The SMILES string of the molecule is CN(C)C1=CC(N)(c2cc(F)ccc2Cl)N=C(N2CCN(c3ccccn3)CC2)N1. The highest BCUT2D eigenvalue weighted by molar-refractivity contribution is 6.31. The lowest BCUT2D eigenvalue weighted by Crippen LogP contribution is -2.56. The molecule has 1 aromatic carbocycles. The van der Waals surface area contributed by atoms with Gasteiger partial charge in [0.15, 0.2) is 5.66 Å². The molecule has 2 aromatic rings. The topological polar surface area (TPSA) is 73.0 Å². The average molecular weight is 430 g/mol. The number of benzene rings is 1. The molecule has 0 aliphatic carbocycles. The number of nitrogens with two attached hydrogens (primary N) is 1. The molecule has 1 atom stereocenters. The number of hydrogen-bond donors (Lipinski definition) is 2. The number of guanidine groups is 1. The van der Waals surface area contributed by atoms with E-state index in [0.29, 0.717) is 16.5 Å². The van der Waals surface area contributed by atoms with Gasteiger partial charge in [0, 0.05) is 63.1 Å². The van der Waals surface area contributed by atoms with Crippen molar-refractivity contribution in [3.8, 4) is 0 Å². The lowest BCUT2D eigenvalue weighted by atomic mass is 9.99. The molecule has 0 radical (unpaired) electrons. The van der Waals surface area contributed by atoms with Crippen LogP contribution in [0.1, 0.15) is 5.56 Å². The van der Waals surface area contributed by atoms with Crippen molar-refractivity contribution in [1.29, 1.82) is 0 Å². The Hall–Kier alpha value is -2.84. The summed E-state index contributed by atoms with van der Waals surface area (Å²) in [5.41, 5.74) is 5.81. The summed E-state index contributed by atoms with van der Waals surface area (Å²) in [7, 11) is 3.82. The molecule has 1 aromatic heterocycles. The Morgan fingerprint density at radius 1 is 1.13 bits per heavy atom. The molecule has 7 nitrogen and oxygen atoms in total. The first-order chi connectivity index (χ1) is 14.4. The number of aromatic nitrogens is 1. The molecule has 9 heteroatoms. The summed E-state index contributed by atoms with van der Waals surface area (Å²) in [6, 6.07) is 10.1. The Morgan fingerprint density at radius 3 is 2.53 bits per heavy atom. The molecule has 158 valence electrons. The summed E-state index contributed by atoms with van der Waals surface area (Å²) in [5, 5.41) is 3.72. The highest BCUT2D eigenvalue weighted by Crippen LogP contribution is 2.32. The molecule has 1 fully saturated rings. The average Bonchev–Trinajstić information content (AvgIpc) is 2.75. The fourth-order valence-electron chi connectivity index (χ4n) is 3.62. The minimum absolute atomic E-state index is 0.373. The van der Waals surface area contributed by atoms with Crippen LogP contribution in [0.5, 0.6) is 0 Å². The first-order valence-electron chi connectivity index (χ1n) is 9.78. The first-order valence-corrected chi connectivity index (χ1v) is 10.2. The van der Waals surface area contributed by atoms with E-state index in [0.717, 1.165) is 37.8 Å². The minimum atomic E-state index is -1.28.